The number of halogens is 3. The first-order valence-electron chi connectivity index (χ1n) is 10.7. The van der Waals surface area contributed by atoms with Gasteiger partial charge in [-0.15, -0.1) is 0 Å². The van der Waals surface area contributed by atoms with E-state index < -0.39 is 23.8 Å². The van der Waals surface area contributed by atoms with Crippen molar-refractivity contribution in [2.45, 2.75) is 44.1 Å². The summed E-state index contributed by atoms with van der Waals surface area (Å²) in [5, 5.41) is 13.2. The number of alkyl halides is 3. The number of guanidine groups is 1. The highest BCUT2D eigenvalue weighted by Gasteiger charge is 2.34. The van der Waals surface area contributed by atoms with Crippen LogP contribution in [0.3, 0.4) is 0 Å². The van der Waals surface area contributed by atoms with Crippen LogP contribution in [0.4, 0.5) is 13.2 Å². The van der Waals surface area contributed by atoms with Crippen LogP contribution in [0.25, 0.3) is 22.4 Å². The fraction of sp³-hybridized carbons (Fsp3) is 0.364. The summed E-state index contributed by atoms with van der Waals surface area (Å²) in [4.78, 5) is 21.0. The van der Waals surface area contributed by atoms with Gasteiger partial charge in [0.05, 0.1) is 13.2 Å². The first-order chi connectivity index (χ1) is 16.5. The minimum absolute atomic E-state index is 0.00155. The highest BCUT2D eigenvalue weighted by atomic mass is 19.4. The predicted molar refractivity (Wildman–Crippen MR) is 121 cm³/mol. The van der Waals surface area contributed by atoms with Crippen molar-refractivity contribution >= 4 is 22.8 Å². The van der Waals surface area contributed by atoms with E-state index in [1.807, 2.05) is 0 Å². The number of nitrogens with zero attached hydrogens (tertiary/aromatic N) is 2. The number of carbonyl (C=O) groups is 1. The van der Waals surface area contributed by atoms with Crippen molar-refractivity contribution in [3.05, 3.63) is 41.4 Å². The molecule has 2 heterocycles. The molecule has 0 saturated heterocycles. The van der Waals surface area contributed by atoms with Gasteiger partial charge in [-0.3, -0.25) is 10.2 Å². The van der Waals surface area contributed by atoms with E-state index in [4.69, 9.17) is 26.0 Å². The number of benzene rings is 1. The molecule has 0 aliphatic heterocycles. The molecule has 1 aliphatic carbocycles. The van der Waals surface area contributed by atoms with Gasteiger partial charge in [0.2, 0.25) is 5.89 Å². The average molecular weight is 491 g/mol. The van der Waals surface area contributed by atoms with E-state index in [2.05, 4.69) is 20.6 Å². The van der Waals surface area contributed by atoms with Crippen molar-refractivity contribution < 1.29 is 27.1 Å². The molecule has 13 heteroatoms. The lowest BCUT2D eigenvalue weighted by Gasteiger charge is -2.36. The van der Waals surface area contributed by atoms with Crippen LogP contribution in [0.5, 0.6) is 5.75 Å². The van der Waals surface area contributed by atoms with Gasteiger partial charge >= 0.3 is 6.18 Å². The Kier molecular flexibility index (Phi) is 6.28. The van der Waals surface area contributed by atoms with E-state index in [0.717, 1.165) is 6.07 Å². The molecule has 1 atom stereocenters. The zero-order valence-electron chi connectivity index (χ0n) is 18.9. The number of methoxy groups -OCH3 is 1. The zero-order chi connectivity index (χ0) is 25.5. The van der Waals surface area contributed by atoms with Gasteiger partial charge in [-0.1, -0.05) is 0 Å². The van der Waals surface area contributed by atoms with Crippen molar-refractivity contribution in [3.8, 4) is 17.2 Å². The summed E-state index contributed by atoms with van der Waals surface area (Å²) >= 11 is 0. The maximum atomic E-state index is 13.2. The van der Waals surface area contributed by atoms with E-state index in [1.165, 1.54) is 19.2 Å². The number of hydrogen-bond acceptors (Lipinski definition) is 7. The molecule has 0 unspecified atom stereocenters. The maximum Gasteiger partial charge on any atom is 0.433 e. The molecular weight excluding hydrogens is 467 g/mol. The van der Waals surface area contributed by atoms with Crippen LogP contribution in [-0.4, -0.2) is 41.0 Å². The van der Waals surface area contributed by atoms with Gasteiger partial charge in [-0.05, 0) is 44.0 Å². The molecule has 1 saturated carbocycles. The minimum Gasteiger partial charge on any atom is -0.494 e. The van der Waals surface area contributed by atoms with Gasteiger partial charge in [-0.25, -0.2) is 9.97 Å². The average Bonchev–Trinajstić information content (AvgIpc) is 3.21. The topological polar surface area (TPSA) is 165 Å². The number of aromatic nitrogens is 2. The lowest BCUT2D eigenvalue weighted by molar-refractivity contribution is -0.140. The molecule has 2 aromatic heterocycles. The Morgan fingerprint density at radius 1 is 1.20 bits per heavy atom. The molecule has 3 aromatic rings. The fourth-order valence-electron chi connectivity index (χ4n) is 3.95. The minimum atomic E-state index is -4.63. The molecule has 1 aliphatic rings. The van der Waals surface area contributed by atoms with Gasteiger partial charge in [0.15, 0.2) is 17.4 Å². The Bertz CT molecular complexity index is 1280. The number of fused-ring (bicyclic) bond motifs is 1. The number of amides is 1. The summed E-state index contributed by atoms with van der Waals surface area (Å²) < 4.78 is 50.7. The number of oxazole rings is 1. The summed E-state index contributed by atoms with van der Waals surface area (Å²) in [6.45, 7) is 1.63. The van der Waals surface area contributed by atoms with Crippen molar-refractivity contribution in [1.82, 2.24) is 20.6 Å². The van der Waals surface area contributed by atoms with Gasteiger partial charge in [0, 0.05) is 23.0 Å². The molecule has 10 nitrogen and oxygen atoms in total. The molecule has 0 radical (unpaired) electrons. The van der Waals surface area contributed by atoms with E-state index in [9.17, 15) is 18.0 Å². The lowest BCUT2D eigenvalue weighted by atomic mass is 9.86. The summed E-state index contributed by atoms with van der Waals surface area (Å²) in [5.41, 5.74) is 10.6. The Morgan fingerprint density at radius 3 is 2.49 bits per heavy atom. The van der Waals surface area contributed by atoms with E-state index in [1.54, 1.807) is 13.0 Å². The van der Waals surface area contributed by atoms with Gasteiger partial charge in [0.25, 0.3) is 5.91 Å². The molecule has 0 bridgehead atoms. The molecule has 186 valence electrons. The van der Waals surface area contributed by atoms with Crippen molar-refractivity contribution in [2.75, 3.05) is 7.11 Å². The van der Waals surface area contributed by atoms with Crippen LogP contribution in [0.1, 0.15) is 47.7 Å². The van der Waals surface area contributed by atoms with Crippen LogP contribution in [0, 0.1) is 5.41 Å². The molecule has 35 heavy (non-hydrogen) atoms. The number of ether oxygens (including phenoxy) is 1. The summed E-state index contributed by atoms with van der Waals surface area (Å²) in [6.07, 6.45) is -3.47. The van der Waals surface area contributed by atoms with E-state index >= 15 is 0 Å². The predicted octanol–water partition coefficient (Wildman–Crippen LogP) is 2.68. The number of nitrogens with two attached hydrogens (primary N) is 2. The third-order valence-electron chi connectivity index (χ3n) is 5.68. The summed E-state index contributed by atoms with van der Waals surface area (Å²) in [7, 11) is 1.33. The van der Waals surface area contributed by atoms with Crippen molar-refractivity contribution in [3.63, 3.8) is 0 Å². The van der Waals surface area contributed by atoms with Crippen LogP contribution in [0.15, 0.2) is 28.7 Å². The summed E-state index contributed by atoms with van der Waals surface area (Å²) in [5.74, 6) is -0.330. The third kappa shape index (κ3) is 4.85. The molecule has 7 N–H and O–H groups in total. The fourth-order valence-corrected chi connectivity index (χ4v) is 3.95. The second-order valence-corrected chi connectivity index (χ2v) is 8.32. The normalized spacial score (nSPS) is 18.6. The Hall–Kier alpha value is -3.87. The van der Waals surface area contributed by atoms with Crippen LogP contribution >= 0.6 is 0 Å². The molecular formula is C22H24F3N7O3. The second-order valence-electron chi connectivity index (χ2n) is 8.32. The number of hydrogen-bond donors (Lipinski definition) is 5. The standard InChI is InChI=1S/C22H24F3N7O3/c1-9(26)18-17(19(33)29-10-7-11(8-10)30-21(27)28)32-20(35-18)13-3-5-14(34-2)16-12(13)4-6-15(31-16)22(23,24)25/h3-6,9-11H,7-8,26H2,1-2H3,(H,29,33)(H4,27,28,30)/t9-,10-,11+/m0/s1. The SMILES string of the molecule is COc1ccc(-c2nc(C(=O)N[C@H]3C[C@@H](NC(=N)N)C3)c([C@H](C)N)o2)c2ccc(C(F)(F)F)nc12. The zero-order valence-corrected chi connectivity index (χ0v) is 18.9. The van der Waals surface area contributed by atoms with E-state index in [0.29, 0.717) is 23.8 Å². The lowest BCUT2D eigenvalue weighted by Crippen LogP contribution is -2.55. The first kappa shape index (κ1) is 24.3. The van der Waals surface area contributed by atoms with E-state index in [-0.39, 0.29) is 46.7 Å². The number of carbonyl (C=O) groups excluding carboxylic acids is 1. The molecule has 1 aromatic carbocycles. The van der Waals surface area contributed by atoms with Crippen LogP contribution in [-0.2, 0) is 6.18 Å². The molecule has 1 amide bonds. The maximum absolute atomic E-state index is 13.2. The second kappa shape index (κ2) is 9.06. The smallest absolute Gasteiger partial charge is 0.433 e. The van der Waals surface area contributed by atoms with Crippen molar-refractivity contribution in [1.29, 1.82) is 5.41 Å². The largest absolute Gasteiger partial charge is 0.494 e. The monoisotopic (exact) mass is 491 g/mol. The Balaban J connectivity index is 1.68. The molecule has 1 fully saturated rings. The van der Waals surface area contributed by atoms with Crippen molar-refractivity contribution in [2.24, 2.45) is 11.5 Å². The van der Waals surface area contributed by atoms with Crippen LogP contribution in [0.2, 0.25) is 0 Å². The Morgan fingerprint density at radius 2 is 1.89 bits per heavy atom. The highest BCUT2D eigenvalue weighted by Crippen LogP contribution is 2.37. The Labute approximate surface area is 197 Å². The van der Waals surface area contributed by atoms with Crippen LogP contribution < -0.4 is 26.8 Å². The highest BCUT2D eigenvalue weighted by molar-refractivity contribution is 5.98. The molecule has 0 spiro atoms. The number of pyridine rings is 1. The number of nitrogens with one attached hydrogen (secondary N) is 3. The van der Waals surface area contributed by atoms with Gasteiger partial charge in [-0.2, -0.15) is 13.2 Å². The molecule has 4 rings (SSSR count). The third-order valence-corrected chi connectivity index (χ3v) is 5.68. The summed E-state index contributed by atoms with van der Waals surface area (Å²) in [6, 6.07) is 4.32. The quantitative estimate of drug-likeness (QED) is 0.259. The first-order valence-corrected chi connectivity index (χ1v) is 10.7. The van der Waals surface area contributed by atoms with Gasteiger partial charge in [0.1, 0.15) is 17.0 Å². The van der Waals surface area contributed by atoms with Gasteiger partial charge < -0.3 is 31.3 Å². The number of rotatable bonds is 6.